The van der Waals surface area contributed by atoms with Gasteiger partial charge in [-0.05, 0) is 23.1 Å². The number of aliphatic hydroxyl groups is 1. The summed E-state index contributed by atoms with van der Waals surface area (Å²) in [6.45, 7) is -0.368. The molecule has 0 fully saturated rings. The minimum absolute atomic E-state index is 0.123. The number of fused-ring (bicyclic) bond motifs is 1. The van der Waals surface area contributed by atoms with Crippen LogP contribution in [0.15, 0.2) is 23.6 Å². The van der Waals surface area contributed by atoms with Crippen molar-refractivity contribution in [2.45, 2.75) is 12.8 Å². The molecule has 5 heteroatoms. The third-order valence-corrected chi connectivity index (χ3v) is 3.15. The molecule has 0 aliphatic rings. The SMILES string of the molecule is OCc1csc2cccc(C(F)(F)F)c12. The first-order chi connectivity index (χ1) is 7.04. The lowest BCUT2D eigenvalue weighted by atomic mass is 10.1. The molecule has 15 heavy (non-hydrogen) atoms. The van der Waals surface area contributed by atoms with E-state index in [1.807, 2.05) is 0 Å². The van der Waals surface area contributed by atoms with Crippen LogP contribution < -0.4 is 0 Å². The van der Waals surface area contributed by atoms with E-state index in [4.69, 9.17) is 5.11 Å². The van der Waals surface area contributed by atoms with Crippen molar-refractivity contribution in [3.05, 3.63) is 34.7 Å². The molecule has 0 unspecified atom stereocenters. The van der Waals surface area contributed by atoms with Crippen molar-refractivity contribution in [3.63, 3.8) is 0 Å². The Morgan fingerprint density at radius 2 is 2.00 bits per heavy atom. The number of hydrogen-bond donors (Lipinski definition) is 1. The maximum atomic E-state index is 12.6. The van der Waals surface area contributed by atoms with Crippen molar-refractivity contribution in [1.29, 1.82) is 0 Å². The van der Waals surface area contributed by atoms with Crippen molar-refractivity contribution in [3.8, 4) is 0 Å². The van der Waals surface area contributed by atoms with Crippen molar-refractivity contribution in [2.75, 3.05) is 0 Å². The molecule has 0 radical (unpaired) electrons. The fourth-order valence-electron chi connectivity index (χ4n) is 1.51. The van der Waals surface area contributed by atoms with E-state index in [0.717, 1.165) is 6.07 Å². The molecule has 0 saturated carbocycles. The number of hydrogen-bond acceptors (Lipinski definition) is 2. The summed E-state index contributed by atoms with van der Waals surface area (Å²) in [6, 6.07) is 4.03. The van der Waals surface area contributed by atoms with Crippen LogP contribution >= 0.6 is 11.3 Å². The number of halogens is 3. The van der Waals surface area contributed by atoms with E-state index < -0.39 is 11.7 Å². The van der Waals surface area contributed by atoms with Gasteiger partial charge in [0, 0.05) is 10.1 Å². The first-order valence-electron chi connectivity index (χ1n) is 4.21. The first kappa shape index (κ1) is 10.4. The third kappa shape index (κ3) is 1.72. The van der Waals surface area contributed by atoms with Crippen LogP contribution in [-0.4, -0.2) is 5.11 Å². The standard InChI is InChI=1S/C10H7F3OS/c11-10(12,13)7-2-1-3-8-9(7)6(4-14)5-15-8/h1-3,5,14H,4H2. The van der Waals surface area contributed by atoms with Crippen LogP contribution in [0.5, 0.6) is 0 Å². The van der Waals surface area contributed by atoms with Crippen molar-refractivity contribution in [2.24, 2.45) is 0 Å². The highest BCUT2D eigenvalue weighted by atomic mass is 32.1. The molecular formula is C10H7F3OS. The number of thiophene rings is 1. The summed E-state index contributed by atoms with van der Waals surface area (Å²) in [6.07, 6.45) is -4.37. The van der Waals surface area contributed by atoms with Gasteiger partial charge in [-0.3, -0.25) is 0 Å². The molecule has 0 aliphatic heterocycles. The summed E-state index contributed by atoms with van der Waals surface area (Å²) in [5.74, 6) is 0. The van der Waals surface area contributed by atoms with Gasteiger partial charge in [-0.2, -0.15) is 13.2 Å². The molecule has 1 nitrogen and oxygen atoms in total. The molecule has 0 atom stereocenters. The zero-order chi connectivity index (χ0) is 11.1. The maximum Gasteiger partial charge on any atom is 0.417 e. The Kier molecular flexibility index (Phi) is 2.44. The predicted octanol–water partition coefficient (Wildman–Crippen LogP) is 3.41. The van der Waals surface area contributed by atoms with Crippen LogP contribution in [0.3, 0.4) is 0 Å². The van der Waals surface area contributed by atoms with Crippen molar-refractivity contribution < 1.29 is 18.3 Å². The van der Waals surface area contributed by atoms with Gasteiger partial charge in [0.2, 0.25) is 0 Å². The van der Waals surface area contributed by atoms with Gasteiger partial charge < -0.3 is 5.11 Å². The zero-order valence-electron chi connectivity index (χ0n) is 7.51. The third-order valence-electron chi connectivity index (χ3n) is 2.15. The van der Waals surface area contributed by atoms with Gasteiger partial charge in [0.1, 0.15) is 0 Å². The Morgan fingerprint density at radius 1 is 1.27 bits per heavy atom. The summed E-state index contributed by atoms with van der Waals surface area (Å²) in [5.41, 5.74) is -0.340. The van der Waals surface area contributed by atoms with Crippen LogP contribution in [0.4, 0.5) is 13.2 Å². The Hall–Kier alpha value is -1.07. The molecule has 0 spiro atoms. The van der Waals surface area contributed by atoms with E-state index in [-0.39, 0.29) is 12.0 Å². The summed E-state index contributed by atoms with van der Waals surface area (Å²) >= 11 is 1.21. The molecule has 2 rings (SSSR count). The van der Waals surface area contributed by atoms with E-state index in [0.29, 0.717) is 10.3 Å². The smallest absolute Gasteiger partial charge is 0.392 e. The number of rotatable bonds is 1. The fourth-order valence-corrected chi connectivity index (χ4v) is 2.48. The average Bonchev–Trinajstić information content (AvgIpc) is 2.58. The van der Waals surface area contributed by atoms with E-state index in [1.54, 1.807) is 11.4 Å². The lowest BCUT2D eigenvalue weighted by Crippen LogP contribution is -2.05. The van der Waals surface area contributed by atoms with Gasteiger partial charge >= 0.3 is 6.18 Å². The Labute approximate surface area is 87.8 Å². The molecule has 2 aromatic rings. The highest BCUT2D eigenvalue weighted by Gasteiger charge is 2.33. The molecule has 0 bridgehead atoms. The van der Waals surface area contributed by atoms with E-state index in [9.17, 15) is 13.2 Å². The number of aliphatic hydroxyl groups excluding tert-OH is 1. The lowest BCUT2D eigenvalue weighted by Gasteiger charge is -2.08. The molecule has 0 amide bonds. The van der Waals surface area contributed by atoms with Gasteiger partial charge in [0.05, 0.1) is 12.2 Å². The molecular weight excluding hydrogens is 225 g/mol. The normalized spacial score (nSPS) is 12.3. The van der Waals surface area contributed by atoms with Crippen LogP contribution in [0.1, 0.15) is 11.1 Å². The molecule has 1 aromatic heterocycles. The Balaban J connectivity index is 2.78. The van der Waals surface area contributed by atoms with E-state index >= 15 is 0 Å². The van der Waals surface area contributed by atoms with Gasteiger partial charge in [-0.25, -0.2) is 0 Å². The van der Waals surface area contributed by atoms with Crippen LogP contribution in [-0.2, 0) is 12.8 Å². The second-order valence-corrected chi connectivity index (χ2v) is 4.01. The summed E-state index contributed by atoms with van der Waals surface area (Å²) < 4.78 is 38.5. The monoisotopic (exact) mass is 232 g/mol. The second kappa shape index (κ2) is 3.50. The second-order valence-electron chi connectivity index (χ2n) is 3.10. The first-order valence-corrected chi connectivity index (χ1v) is 5.09. The average molecular weight is 232 g/mol. The summed E-state index contributed by atoms with van der Waals surface area (Å²) in [5, 5.41) is 10.6. The van der Waals surface area contributed by atoms with Crippen LogP contribution in [0.25, 0.3) is 10.1 Å². The van der Waals surface area contributed by atoms with Crippen molar-refractivity contribution >= 4 is 21.4 Å². The Bertz CT molecular complexity index is 487. The number of benzene rings is 1. The van der Waals surface area contributed by atoms with E-state index in [2.05, 4.69) is 0 Å². The molecule has 1 aromatic carbocycles. The molecule has 80 valence electrons. The van der Waals surface area contributed by atoms with E-state index in [1.165, 1.54) is 17.4 Å². The summed E-state index contributed by atoms with van der Waals surface area (Å²) in [4.78, 5) is 0. The predicted molar refractivity (Wildman–Crippen MR) is 52.7 cm³/mol. The minimum atomic E-state index is -4.37. The topological polar surface area (TPSA) is 20.2 Å². The summed E-state index contributed by atoms with van der Waals surface area (Å²) in [7, 11) is 0. The lowest BCUT2D eigenvalue weighted by molar-refractivity contribution is -0.136. The number of alkyl halides is 3. The highest BCUT2D eigenvalue weighted by molar-refractivity contribution is 7.17. The Morgan fingerprint density at radius 3 is 2.60 bits per heavy atom. The molecule has 0 saturated heterocycles. The van der Waals surface area contributed by atoms with Crippen LogP contribution in [0.2, 0.25) is 0 Å². The van der Waals surface area contributed by atoms with Crippen LogP contribution in [0, 0.1) is 0 Å². The quantitative estimate of drug-likeness (QED) is 0.798. The molecule has 1 N–H and O–H groups in total. The highest BCUT2D eigenvalue weighted by Crippen LogP contribution is 2.38. The zero-order valence-corrected chi connectivity index (χ0v) is 8.32. The van der Waals surface area contributed by atoms with Crippen molar-refractivity contribution in [1.82, 2.24) is 0 Å². The van der Waals surface area contributed by atoms with Gasteiger partial charge in [-0.1, -0.05) is 6.07 Å². The molecule has 0 aliphatic carbocycles. The maximum absolute atomic E-state index is 12.6. The largest absolute Gasteiger partial charge is 0.417 e. The van der Waals surface area contributed by atoms with Gasteiger partial charge in [0.15, 0.2) is 0 Å². The minimum Gasteiger partial charge on any atom is -0.392 e. The molecule has 1 heterocycles. The fraction of sp³-hybridized carbons (Fsp3) is 0.200. The van der Waals surface area contributed by atoms with Gasteiger partial charge in [0.25, 0.3) is 0 Å². The van der Waals surface area contributed by atoms with Gasteiger partial charge in [-0.15, -0.1) is 11.3 Å².